The molecule has 3 nitrogen and oxygen atoms in total. The lowest BCUT2D eigenvalue weighted by molar-refractivity contribution is -0.150. The Hall–Kier alpha value is -1.12. The zero-order chi connectivity index (χ0) is 20.5. The molecule has 0 saturated heterocycles. The van der Waals surface area contributed by atoms with Crippen LogP contribution in [0, 0.1) is 39.9 Å². The summed E-state index contributed by atoms with van der Waals surface area (Å²) in [6.45, 7) is 12.8. The van der Waals surface area contributed by atoms with E-state index in [0.29, 0.717) is 29.5 Å². The molecule has 0 bridgehead atoms. The molecule has 8 atom stereocenters. The van der Waals surface area contributed by atoms with Crippen molar-refractivity contribution in [2.45, 2.75) is 92.6 Å². The van der Waals surface area contributed by atoms with Crippen LogP contribution in [-0.4, -0.2) is 17.9 Å². The van der Waals surface area contributed by atoms with Gasteiger partial charge in [-0.2, -0.15) is 0 Å². The Morgan fingerprint density at radius 2 is 1.79 bits per heavy atom. The highest BCUT2D eigenvalue weighted by Gasteiger charge is 2.66. The highest BCUT2D eigenvalue weighted by molar-refractivity contribution is 5.83. The molecule has 0 aliphatic heterocycles. The number of Topliss-reactive ketones (excluding diaryl/α,β-unsaturated/α-hetero) is 1. The average molecular weight is 387 g/mol. The summed E-state index contributed by atoms with van der Waals surface area (Å²) in [6, 6.07) is 0. The largest absolute Gasteiger partial charge is 0.462 e. The van der Waals surface area contributed by atoms with Gasteiger partial charge in [-0.05, 0) is 80.0 Å². The molecular weight excluding hydrogens is 348 g/mol. The Labute approximate surface area is 170 Å². The van der Waals surface area contributed by atoms with Crippen molar-refractivity contribution in [1.82, 2.24) is 0 Å². The van der Waals surface area contributed by atoms with Crippen LogP contribution in [0.3, 0.4) is 0 Å². The van der Waals surface area contributed by atoms with Gasteiger partial charge < -0.3 is 4.74 Å². The molecule has 0 N–H and O–H groups in total. The van der Waals surface area contributed by atoms with Gasteiger partial charge in [0.05, 0.1) is 0 Å². The fourth-order valence-corrected chi connectivity index (χ4v) is 8.29. The van der Waals surface area contributed by atoms with Gasteiger partial charge in [-0.25, -0.2) is 0 Å². The summed E-state index contributed by atoms with van der Waals surface area (Å²) in [5.74, 6) is 2.77. The molecule has 156 valence electrons. The van der Waals surface area contributed by atoms with Gasteiger partial charge in [-0.3, -0.25) is 9.59 Å². The third-order valence-corrected chi connectivity index (χ3v) is 10.3. The van der Waals surface area contributed by atoms with Crippen molar-refractivity contribution in [2.75, 3.05) is 0 Å². The summed E-state index contributed by atoms with van der Waals surface area (Å²) in [6.07, 6.45) is 10.3. The normalized spacial score (nSPS) is 50.1. The van der Waals surface area contributed by atoms with Gasteiger partial charge in [0.1, 0.15) is 11.9 Å². The first-order valence-electron chi connectivity index (χ1n) is 11.4. The second-order valence-electron chi connectivity index (χ2n) is 11.1. The summed E-state index contributed by atoms with van der Waals surface area (Å²) < 4.78 is 5.56. The van der Waals surface area contributed by atoms with Crippen molar-refractivity contribution in [3.05, 3.63) is 11.6 Å². The Morgan fingerprint density at radius 1 is 1.07 bits per heavy atom. The predicted molar refractivity (Wildman–Crippen MR) is 111 cm³/mol. The van der Waals surface area contributed by atoms with Crippen molar-refractivity contribution in [3.8, 4) is 0 Å². The maximum atomic E-state index is 12.8. The number of hydrogen-bond acceptors (Lipinski definition) is 3. The van der Waals surface area contributed by atoms with Crippen LogP contribution in [0.5, 0.6) is 0 Å². The Kier molecular flexibility index (Phi) is 4.64. The summed E-state index contributed by atoms with van der Waals surface area (Å²) in [5, 5.41) is 0. The first kappa shape index (κ1) is 20.2. The van der Waals surface area contributed by atoms with E-state index >= 15 is 0 Å². The molecule has 3 heteroatoms. The molecule has 0 unspecified atom stereocenters. The molecule has 0 radical (unpaired) electrons. The van der Waals surface area contributed by atoms with Crippen LogP contribution in [0.4, 0.5) is 0 Å². The lowest BCUT2D eigenvalue weighted by atomic mass is 9.45. The number of hydrogen-bond donors (Lipinski definition) is 0. The molecule has 28 heavy (non-hydrogen) atoms. The molecule has 4 rings (SSSR count). The topological polar surface area (TPSA) is 43.4 Å². The van der Waals surface area contributed by atoms with Crippen molar-refractivity contribution in [3.63, 3.8) is 0 Å². The molecule has 0 amide bonds. The first-order chi connectivity index (χ1) is 13.0. The molecule has 4 aliphatic carbocycles. The minimum absolute atomic E-state index is 0.0646. The van der Waals surface area contributed by atoms with Gasteiger partial charge in [0.15, 0.2) is 0 Å². The van der Waals surface area contributed by atoms with Crippen LogP contribution in [0.25, 0.3) is 0 Å². The van der Waals surface area contributed by atoms with Gasteiger partial charge in [-0.15, -0.1) is 0 Å². The third-order valence-electron chi connectivity index (χ3n) is 10.3. The predicted octanol–water partition coefficient (Wildman–Crippen LogP) is 5.72. The van der Waals surface area contributed by atoms with E-state index in [9.17, 15) is 9.59 Å². The standard InChI is InChI=1S/C25H38O3/c1-15-13-22-20-8-7-18-14-19(28-17(3)27)9-11-23(18,4)21(20)10-12-24(22,5)25(15,6)16(2)26/h7,15,19-22H,8-14H2,1-6H3/t15-,19-,20-,21+,22-,23+,24+,25-/m1/s1. The number of esters is 1. The smallest absolute Gasteiger partial charge is 0.302 e. The fourth-order valence-electron chi connectivity index (χ4n) is 8.29. The number of allylic oxidation sites excluding steroid dienone is 1. The van der Waals surface area contributed by atoms with E-state index in [0.717, 1.165) is 25.7 Å². The lowest BCUT2D eigenvalue weighted by Gasteiger charge is -2.59. The molecule has 0 aromatic heterocycles. The molecule has 3 fully saturated rings. The zero-order valence-corrected chi connectivity index (χ0v) is 18.6. The van der Waals surface area contributed by atoms with Crippen LogP contribution in [0.15, 0.2) is 11.6 Å². The molecule has 0 heterocycles. The summed E-state index contributed by atoms with van der Waals surface area (Å²) >= 11 is 0. The van der Waals surface area contributed by atoms with Gasteiger partial charge in [0.25, 0.3) is 0 Å². The number of ether oxygens (including phenoxy) is 1. The molecular formula is C25H38O3. The Morgan fingerprint density at radius 3 is 2.43 bits per heavy atom. The van der Waals surface area contributed by atoms with Crippen LogP contribution < -0.4 is 0 Å². The lowest BCUT2D eigenvalue weighted by Crippen LogP contribution is -2.53. The summed E-state index contributed by atoms with van der Waals surface area (Å²) in [4.78, 5) is 24.2. The molecule has 3 saturated carbocycles. The van der Waals surface area contributed by atoms with Crippen molar-refractivity contribution >= 4 is 11.8 Å². The number of carbonyl (C=O) groups is 2. The van der Waals surface area contributed by atoms with Crippen LogP contribution in [-0.2, 0) is 14.3 Å². The van der Waals surface area contributed by atoms with Gasteiger partial charge in [0.2, 0.25) is 0 Å². The van der Waals surface area contributed by atoms with Gasteiger partial charge in [0, 0.05) is 18.8 Å². The fraction of sp³-hybridized carbons (Fsp3) is 0.840. The maximum Gasteiger partial charge on any atom is 0.302 e. The first-order valence-corrected chi connectivity index (χ1v) is 11.4. The van der Waals surface area contributed by atoms with Crippen LogP contribution in [0.2, 0.25) is 0 Å². The number of fused-ring (bicyclic) bond motifs is 5. The SMILES string of the molecule is CC(=O)O[C@@H]1CC[C@@]2(C)C(=CC[C@H]3[C@H]4C[C@@H](C)[C@](C)(C(C)=O)[C@@]4(C)CC[C@@H]32)C1. The van der Waals surface area contributed by atoms with Gasteiger partial charge in [-0.1, -0.05) is 39.3 Å². The van der Waals surface area contributed by atoms with E-state index < -0.39 is 0 Å². The van der Waals surface area contributed by atoms with Crippen LogP contribution in [0.1, 0.15) is 86.5 Å². The van der Waals surface area contributed by atoms with Crippen molar-refractivity contribution in [2.24, 2.45) is 39.9 Å². The Bertz CT molecular complexity index is 723. The second-order valence-corrected chi connectivity index (χ2v) is 11.1. The van der Waals surface area contributed by atoms with E-state index in [4.69, 9.17) is 4.74 Å². The van der Waals surface area contributed by atoms with Crippen molar-refractivity contribution in [1.29, 1.82) is 0 Å². The van der Waals surface area contributed by atoms with E-state index in [-0.39, 0.29) is 28.3 Å². The highest BCUT2D eigenvalue weighted by Crippen LogP contribution is 2.71. The van der Waals surface area contributed by atoms with E-state index in [1.165, 1.54) is 31.8 Å². The second kappa shape index (κ2) is 6.44. The van der Waals surface area contributed by atoms with E-state index in [1.54, 1.807) is 0 Å². The van der Waals surface area contributed by atoms with Crippen LogP contribution >= 0.6 is 0 Å². The van der Waals surface area contributed by atoms with E-state index in [1.807, 2.05) is 6.92 Å². The number of rotatable bonds is 2. The average Bonchev–Trinajstić information content (AvgIpc) is 2.83. The third kappa shape index (κ3) is 2.53. The summed E-state index contributed by atoms with van der Waals surface area (Å²) in [5.41, 5.74) is 1.74. The van der Waals surface area contributed by atoms with Crippen molar-refractivity contribution < 1.29 is 14.3 Å². The van der Waals surface area contributed by atoms with Gasteiger partial charge >= 0.3 is 5.97 Å². The quantitative estimate of drug-likeness (QED) is 0.450. The zero-order valence-electron chi connectivity index (χ0n) is 18.6. The minimum atomic E-state index is -0.180. The number of carbonyl (C=O) groups excluding carboxylic acids is 2. The highest BCUT2D eigenvalue weighted by atomic mass is 16.5. The maximum absolute atomic E-state index is 12.8. The number of ketones is 1. The minimum Gasteiger partial charge on any atom is -0.462 e. The monoisotopic (exact) mass is 386 g/mol. The molecule has 0 aromatic rings. The molecule has 0 aromatic carbocycles. The molecule has 0 spiro atoms. The van der Waals surface area contributed by atoms with E-state index in [2.05, 4.69) is 33.8 Å². The molecule has 4 aliphatic rings. The Balaban J connectivity index is 1.64. The summed E-state index contributed by atoms with van der Waals surface area (Å²) in [7, 11) is 0.